The van der Waals surface area contributed by atoms with Crippen LogP contribution >= 0.6 is 0 Å². The number of hydrogen-bond acceptors (Lipinski definition) is 3. The summed E-state index contributed by atoms with van der Waals surface area (Å²) in [5.41, 5.74) is 0. The van der Waals surface area contributed by atoms with Crippen LogP contribution in [0.5, 0.6) is 0 Å². The van der Waals surface area contributed by atoms with Gasteiger partial charge in [0.2, 0.25) is 0 Å². The largest absolute Gasteiger partial charge is 2.00 e. The Morgan fingerprint density at radius 2 is 1.00 bits per heavy atom. The summed E-state index contributed by atoms with van der Waals surface area (Å²) in [6, 6.07) is 0. The second-order valence-corrected chi connectivity index (χ2v) is 8.12. The van der Waals surface area contributed by atoms with Gasteiger partial charge in [-0.15, -0.1) is 0 Å². The van der Waals surface area contributed by atoms with Gasteiger partial charge in [-0.1, -0.05) is 103 Å². The molecule has 0 aromatic heterocycles. The maximum Gasteiger partial charge on any atom is 2.00 e. The van der Waals surface area contributed by atoms with E-state index in [0.29, 0.717) is 25.9 Å². The molecule has 0 saturated heterocycles. The summed E-state index contributed by atoms with van der Waals surface area (Å²) in [6.45, 7) is 2.78. The van der Waals surface area contributed by atoms with Crippen molar-refractivity contribution < 1.29 is 22.3 Å². The number of aliphatic carboxylic acids is 1. The van der Waals surface area contributed by atoms with Crippen molar-refractivity contribution in [3.63, 3.8) is 0 Å². The first-order valence-electron chi connectivity index (χ1n) is 12.0. The summed E-state index contributed by atoms with van der Waals surface area (Å²) in [7, 11) is 0. The van der Waals surface area contributed by atoms with Gasteiger partial charge >= 0.3 is 49.7 Å². The smallest absolute Gasteiger partial charge is 1.00 e. The molecule has 0 unspecified atom stereocenters. The van der Waals surface area contributed by atoms with Crippen molar-refractivity contribution in [3.8, 4) is 0 Å². The Kier molecular flexibility index (Phi) is 28.4. The number of rotatable bonds is 22. The number of carboxylic acids is 1. The summed E-state index contributed by atoms with van der Waals surface area (Å²) >= 11 is 0. The molecule has 170 valence electrons. The molecule has 0 aliphatic heterocycles. The van der Waals surface area contributed by atoms with Crippen molar-refractivity contribution in [1.29, 1.82) is 0 Å². The first-order valence-corrected chi connectivity index (χ1v) is 12.0. The summed E-state index contributed by atoms with van der Waals surface area (Å²) in [5.74, 6) is -0.993. The molecule has 5 heteroatoms. The van der Waals surface area contributed by atoms with Gasteiger partial charge in [0.1, 0.15) is 0 Å². The Morgan fingerprint density at radius 1 is 0.621 bits per heavy atom. The Labute approximate surface area is 212 Å². The van der Waals surface area contributed by atoms with E-state index in [-0.39, 0.29) is 53.0 Å². The number of carbonyl (C=O) groups is 2. The number of ether oxygens (including phenoxy) is 1. The van der Waals surface area contributed by atoms with Crippen molar-refractivity contribution >= 4 is 49.7 Å². The number of unbranched alkanes of at least 4 members (excludes halogenated alkanes) is 16. The van der Waals surface area contributed by atoms with Gasteiger partial charge < -0.3 is 12.7 Å². The fourth-order valence-corrected chi connectivity index (χ4v) is 3.45. The van der Waals surface area contributed by atoms with Crippen LogP contribution in [0.1, 0.15) is 138 Å². The normalized spacial score (nSPS) is 10.5. The minimum atomic E-state index is -0.804. The summed E-state index contributed by atoms with van der Waals surface area (Å²) in [6.07, 6.45) is 23.0. The zero-order chi connectivity index (χ0) is 20.7. The molecular formula is C24H48CaO4. The predicted molar refractivity (Wildman–Crippen MR) is 125 cm³/mol. The molecule has 0 rings (SSSR count). The van der Waals surface area contributed by atoms with Gasteiger partial charge in [-0.05, 0) is 19.3 Å². The van der Waals surface area contributed by atoms with Crippen LogP contribution in [0, 0.1) is 0 Å². The van der Waals surface area contributed by atoms with E-state index >= 15 is 0 Å². The van der Waals surface area contributed by atoms with Crippen LogP contribution < -0.4 is 0 Å². The number of hydrogen-bond donors (Lipinski definition) is 1. The Balaban J connectivity index is -0.00000121. The monoisotopic (exact) mass is 440 g/mol. The maximum atomic E-state index is 11.5. The van der Waals surface area contributed by atoms with Gasteiger partial charge in [0.05, 0.1) is 6.61 Å². The average Bonchev–Trinajstić information content (AvgIpc) is 2.67. The molecule has 1 N–H and O–H groups in total. The SMILES string of the molecule is CCCCCCCCCCCCCCCCCCOC(=O)CCCCC(=O)O.[Ca+2].[H-].[H-]. The van der Waals surface area contributed by atoms with Crippen LogP contribution in [0.4, 0.5) is 0 Å². The topological polar surface area (TPSA) is 63.6 Å². The van der Waals surface area contributed by atoms with E-state index in [1.165, 1.54) is 89.9 Å². The zero-order valence-electron chi connectivity index (χ0n) is 21.2. The van der Waals surface area contributed by atoms with Crippen molar-refractivity contribution in [2.75, 3.05) is 6.61 Å². The molecule has 4 nitrogen and oxygen atoms in total. The zero-order valence-corrected chi connectivity index (χ0v) is 21.4. The van der Waals surface area contributed by atoms with Gasteiger partial charge in [0.25, 0.3) is 0 Å². The number of esters is 1. The maximum absolute atomic E-state index is 11.5. The second kappa shape index (κ2) is 26.2. The van der Waals surface area contributed by atoms with Gasteiger partial charge in [0, 0.05) is 12.8 Å². The van der Waals surface area contributed by atoms with E-state index in [1.54, 1.807) is 0 Å². The van der Waals surface area contributed by atoms with Gasteiger partial charge in [-0.2, -0.15) is 0 Å². The van der Waals surface area contributed by atoms with Crippen molar-refractivity contribution in [2.45, 2.75) is 135 Å². The van der Waals surface area contributed by atoms with E-state index in [9.17, 15) is 9.59 Å². The van der Waals surface area contributed by atoms with Gasteiger partial charge in [0.15, 0.2) is 0 Å². The minimum absolute atomic E-state index is 0. The minimum Gasteiger partial charge on any atom is -1.00 e. The van der Waals surface area contributed by atoms with Gasteiger partial charge in [-0.3, -0.25) is 9.59 Å². The molecule has 0 fully saturated rings. The number of carboxylic acid groups (broad SMARTS) is 1. The fraction of sp³-hybridized carbons (Fsp3) is 0.917. The van der Waals surface area contributed by atoms with Crippen LogP contribution in [-0.2, 0) is 14.3 Å². The summed E-state index contributed by atoms with van der Waals surface area (Å²) < 4.78 is 5.18. The van der Waals surface area contributed by atoms with Crippen molar-refractivity contribution in [3.05, 3.63) is 0 Å². The molecule has 0 atom stereocenters. The van der Waals surface area contributed by atoms with Crippen LogP contribution in [0.25, 0.3) is 0 Å². The molecule has 0 heterocycles. The molecule has 0 aliphatic rings. The molecule has 0 radical (unpaired) electrons. The van der Waals surface area contributed by atoms with E-state index in [0.717, 1.165) is 12.8 Å². The summed E-state index contributed by atoms with van der Waals surface area (Å²) in [4.78, 5) is 21.9. The Morgan fingerprint density at radius 3 is 1.41 bits per heavy atom. The Hall–Kier alpha value is 0.200. The average molecular weight is 441 g/mol. The molecule has 0 spiro atoms. The van der Waals surface area contributed by atoms with Crippen molar-refractivity contribution in [1.82, 2.24) is 0 Å². The van der Waals surface area contributed by atoms with Crippen LogP contribution in [0.3, 0.4) is 0 Å². The first kappa shape index (κ1) is 31.4. The standard InChI is InChI=1S/C24H46O4.Ca.2H/c1-2-3-4-5-6-7-8-9-10-11-12-13-14-15-16-19-22-28-24(27)21-18-17-20-23(25)26;;;/h2-22H2,1H3,(H,25,26);;;/q;+2;2*-1. The number of carbonyl (C=O) groups excluding carboxylic acids is 1. The van der Waals surface area contributed by atoms with E-state index < -0.39 is 5.97 Å². The summed E-state index contributed by atoms with van der Waals surface area (Å²) in [5, 5.41) is 8.53. The molecule has 29 heavy (non-hydrogen) atoms. The molecule has 0 saturated carbocycles. The second-order valence-electron chi connectivity index (χ2n) is 8.12. The molecular weight excluding hydrogens is 392 g/mol. The van der Waals surface area contributed by atoms with Gasteiger partial charge in [-0.25, -0.2) is 0 Å². The molecule has 0 aliphatic carbocycles. The van der Waals surface area contributed by atoms with Crippen molar-refractivity contribution in [2.24, 2.45) is 0 Å². The van der Waals surface area contributed by atoms with E-state index in [2.05, 4.69) is 6.92 Å². The third-order valence-corrected chi connectivity index (χ3v) is 5.28. The predicted octanol–water partition coefficient (Wildman–Crippen LogP) is 7.28. The van der Waals surface area contributed by atoms with Crippen LogP contribution in [0.15, 0.2) is 0 Å². The third kappa shape index (κ3) is 28.2. The molecule has 0 amide bonds. The molecule has 0 bridgehead atoms. The third-order valence-electron chi connectivity index (χ3n) is 5.28. The van der Waals surface area contributed by atoms with E-state index in [1.807, 2.05) is 0 Å². The Bertz CT molecular complexity index is 371. The molecule has 0 aromatic rings. The van der Waals surface area contributed by atoms with Crippen LogP contribution in [-0.4, -0.2) is 61.4 Å². The van der Waals surface area contributed by atoms with E-state index in [4.69, 9.17) is 9.84 Å². The quantitative estimate of drug-likeness (QED) is 0.109. The van der Waals surface area contributed by atoms with Crippen LogP contribution in [0.2, 0.25) is 0 Å². The fourth-order valence-electron chi connectivity index (χ4n) is 3.45. The first-order chi connectivity index (χ1) is 13.7. The molecule has 0 aromatic carbocycles.